The minimum atomic E-state index is -4.65. The molecule has 0 unspecified atom stereocenters. The van der Waals surface area contributed by atoms with Crippen LogP contribution in [0.5, 0.6) is 17.4 Å². The summed E-state index contributed by atoms with van der Waals surface area (Å²) in [5.74, 6) is -2.77. The van der Waals surface area contributed by atoms with Crippen LogP contribution in [0.4, 0.5) is 17.6 Å². The summed E-state index contributed by atoms with van der Waals surface area (Å²) in [7, 11) is 21.1. The van der Waals surface area contributed by atoms with Crippen LogP contribution in [0.1, 0.15) is 22.6 Å². The van der Waals surface area contributed by atoms with Crippen LogP contribution in [-0.2, 0) is 16.7 Å². The minimum absolute atomic E-state index is 0.0282. The van der Waals surface area contributed by atoms with E-state index >= 15 is 0 Å². The van der Waals surface area contributed by atoms with Crippen molar-refractivity contribution >= 4 is 62.7 Å². The number of likely N-dealkylation sites (N-methyl/N-ethyl adjacent to an activating group) is 1. The topological polar surface area (TPSA) is 128 Å². The first-order chi connectivity index (χ1) is 28.5. The number of alkyl halides is 3. The molecule has 5 heterocycles. The highest BCUT2D eigenvalue weighted by atomic mass is 35.5. The number of furan rings is 1. The van der Waals surface area contributed by atoms with Crippen molar-refractivity contribution in [2.45, 2.75) is 37.0 Å². The maximum Gasteiger partial charge on any atom is 0.408 e. The number of hydrogen-bond donors (Lipinski definition) is 1. The van der Waals surface area contributed by atoms with E-state index < -0.39 is 42.0 Å². The van der Waals surface area contributed by atoms with Gasteiger partial charge in [0.1, 0.15) is 57.3 Å². The quantitative estimate of drug-likeness (QED) is 0.0915. The average molecular weight is 859 g/mol. The molecule has 6 aromatic rings. The zero-order valence-corrected chi connectivity index (χ0v) is 33.7. The summed E-state index contributed by atoms with van der Waals surface area (Å²) in [6.45, 7) is 5.18. The number of aromatic nitrogens is 4. The molecule has 1 aliphatic heterocycles. The largest absolute Gasteiger partial charge is 0.501 e. The predicted molar refractivity (Wildman–Crippen MR) is 219 cm³/mol. The van der Waals surface area contributed by atoms with Crippen molar-refractivity contribution in [2.24, 2.45) is 0 Å². The van der Waals surface area contributed by atoms with Gasteiger partial charge in [0.05, 0.1) is 34.2 Å². The molecule has 306 valence electrons. The Labute approximate surface area is 354 Å². The van der Waals surface area contributed by atoms with Gasteiger partial charge in [0.25, 0.3) is 6.01 Å². The Morgan fingerprint density at radius 3 is 2.50 bits per heavy atom. The number of aliphatic carboxylic acids is 1. The number of piperazine rings is 1. The van der Waals surface area contributed by atoms with Crippen LogP contribution in [0.3, 0.4) is 0 Å². The maximum absolute atomic E-state index is 14.3. The molecule has 60 heavy (non-hydrogen) atoms. The van der Waals surface area contributed by atoms with Gasteiger partial charge in [-0.05, 0) is 60.7 Å². The molecular weight excluding hydrogens is 824 g/mol. The lowest BCUT2D eigenvalue weighted by molar-refractivity contribution is -0.145. The van der Waals surface area contributed by atoms with E-state index in [0.717, 1.165) is 55.8 Å². The summed E-state index contributed by atoms with van der Waals surface area (Å²) in [5, 5.41) is 12.4. The third kappa shape index (κ3) is 9.31. The van der Waals surface area contributed by atoms with Crippen LogP contribution in [0.15, 0.2) is 71.5 Å². The second-order valence-corrected chi connectivity index (χ2v) is 15.5. The predicted octanol–water partition coefficient (Wildman–Crippen LogP) is 6.37. The van der Waals surface area contributed by atoms with E-state index in [1.807, 2.05) is 0 Å². The SMILES string of the molecule is [B][C@H](c1ccccc1OC([B])([B])c1ccnn1CC(F)(F)F)[C@H](Oc1ncnc2sc(-c3ccc(F)o3)c(-c3ccc(OCCN4CCN(C)CC4)c(Cl)c3C)c12)C(=O)O. The number of carboxylic acid groups (broad SMARTS) is 1. The van der Waals surface area contributed by atoms with E-state index in [9.17, 15) is 27.5 Å². The number of carboxylic acids is 1. The number of rotatable bonds is 15. The molecule has 4 aromatic heterocycles. The first-order valence-electron chi connectivity index (χ1n) is 18.5. The summed E-state index contributed by atoms with van der Waals surface area (Å²) in [4.78, 5) is 27.1. The first-order valence-corrected chi connectivity index (χ1v) is 19.7. The summed E-state index contributed by atoms with van der Waals surface area (Å²) in [6.07, 6.45) is -4.27. The van der Waals surface area contributed by atoms with Gasteiger partial charge >= 0.3 is 12.1 Å². The van der Waals surface area contributed by atoms with Crippen LogP contribution in [0.2, 0.25) is 5.02 Å². The Morgan fingerprint density at radius 2 is 1.80 bits per heavy atom. The van der Waals surface area contributed by atoms with Gasteiger partial charge in [0.15, 0.2) is 6.10 Å². The third-order valence-electron chi connectivity index (χ3n) is 9.94. The molecule has 2 atom stereocenters. The fourth-order valence-electron chi connectivity index (χ4n) is 6.87. The van der Waals surface area contributed by atoms with Crippen LogP contribution in [0.25, 0.3) is 32.0 Å². The van der Waals surface area contributed by atoms with Gasteiger partial charge in [0, 0.05) is 50.6 Å². The number of fused-ring (bicyclic) bond motifs is 1. The van der Waals surface area contributed by atoms with E-state index in [2.05, 4.69) is 31.9 Å². The van der Waals surface area contributed by atoms with Crippen LogP contribution < -0.4 is 14.2 Å². The van der Waals surface area contributed by atoms with E-state index in [1.165, 1.54) is 36.7 Å². The maximum atomic E-state index is 14.3. The molecule has 1 N–H and O–H groups in total. The number of nitrogens with zero attached hydrogens (tertiary/aromatic N) is 6. The lowest BCUT2D eigenvalue weighted by atomic mass is 9.63. The van der Waals surface area contributed by atoms with Crippen molar-refractivity contribution in [3.05, 3.63) is 95.0 Å². The van der Waals surface area contributed by atoms with Gasteiger partial charge in [-0.25, -0.2) is 14.8 Å². The number of para-hydroxylation sites is 1. The van der Waals surface area contributed by atoms with Crippen LogP contribution >= 0.6 is 22.9 Å². The molecule has 0 saturated carbocycles. The third-order valence-corrected chi connectivity index (χ3v) is 11.5. The molecule has 0 amide bonds. The molecular formula is C39H34B3ClF4N6O6S. The van der Waals surface area contributed by atoms with E-state index in [4.69, 9.17) is 53.8 Å². The van der Waals surface area contributed by atoms with E-state index in [0.29, 0.717) is 55.0 Å². The Morgan fingerprint density at radius 1 is 1.05 bits per heavy atom. The fourth-order valence-corrected chi connectivity index (χ4v) is 8.19. The molecule has 0 spiro atoms. The molecule has 21 heteroatoms. The summed E-state index contributed by atoms with van der Waals surface area (Å²) in [5.41, 5.74) is 1.25. The molecule has 0 bridgehead atoms. The highest BCUT2D eigenvalue weighted by molar-refractivity contribution is 7.22. The Kier molecular flexibility index (Phi) is 12.6. The number of hydrogen-bond acceptors (Lipinski definition) is 11. The fraction of sp³-hybridized carbons (Fsp3) is 0.333. The van der Waals surface area contributed by atoms with E-state index in [-0.39, 0.29) is 34.0 Å². The normalized spacial score (nSPS) is 15.2. The summed E-state index contributed by atoms with van der Waals surface area (Å²) in [6, 6.07) is 12.3. The number of thiophene rings is 1. The molecule has 6 radical (unpaired) electrons. The second kappa shape index (κ2) is 17.5. The van der Waals surface area contributed by atoms with E-state index in [1.54, 1.807) is 19.1 Å². The highest BCUT2D eigenvalue weighted by Gasteiger charge is 2.36. The van der Waals surface area contributed by atoms with Crippen molar-refractivity contribution in [2.75, 3.05) is 46.4 Å². The monoisotopic (exact) mass is 858 g/mol. The Hall–Kier alpha value is -5.04. The van der Waals surface area contributed by atoms with Crippen molar-refractivity contribution in [3.63, 3.8) is 0 Å². The molecule has 0 aliphatic carbocycles. The van der Waals surface area contributed by atoms with Gasteiger partial charge in [-0.2, -0.15) is 22.7 Å². The molecule has 1 saturated heterocycles. The number of carbonyl (C=O) groups is 1. The molecule has 1 fully saturated rings. The summed E-state index contributed by atoms with van der Waals surface area (Å²) < 4.78 is 78.3. The molecule has 1 aliphatic rings. The average Bonchev–Trinajstić information content (AvgIpc) is 3.94. The van der Waals surface area contributed by atoms with Gasteiger partial charge in [-0.15, -0.1) is 11.3 Å². The highest BCUT2D eigenvalue weighted by Crippen LogP contribution is 2.50. The van der Waals surface area contributed by atoms with Gasteiger partial charge in [0.2, 0.25) is 5.88 Å². The van der Waals surface area contributed by atoms with Crippen molar-refractivity contribution < 1.29 is 46.1 Å². The zero-order valence-electron chi connectivity index (χ0n) is 32.2. The zero-order chi connectivity index (χ0) is 42.9. The van der Waals surface area contributed by atoms with Crippen LogP contribution in [0, 0.1) is 12.9 Å². The molecule has 7 rings (SSSR count). The smallest absolute Gasteiger partial charge is 0.408 e. The lowest BCUT2D eigenvalue weighted by Gasteiger charge is -2.32. The number of benzene rings is 2. The van der Waals surface area contributed by atoms with Gasteiger partial charge in [-0.3, -0.25) is 9.58 Å². The standard InChI is InChI=1S/C39H34B3ClF4N6O6S/c1-21-22(7-8-25(32(21)43)56-18-17-52-15-13-51(2)14-16-52)29-30-35(48-20-49-36(30)60-34(29)26-9-10-28(44)57-26)58-33(37(54)55)31(40)23-5-3-4-6-24(23)59-39(41,42)27-11-12-50-53(27)19-38(45,46)47/h3-12,20,31,33H,13-19H2,1-2H3,(H,54,55)/t31-,33+/m1/s1. The second-order valence-electron chi connectivity index (χ2n) is 14.1. The van der Waals surface area contributed by atoms with Crippen LogP contribution in [-0.4, -0.2) is 123 Å². The van der Waals surface area contributed by atoms with Gasteiger partial charge < -0.3 is 28.6 Å². The number of ether oxygens (including phenoxy) is 3. The van der Waals surface area contributed by atoms with Crippen molar-refractivity contribution in [3.8, 4) is 39.1 Å². The molecule has 2 aromatic carbocycles. The Balaban J connectivity index is 1.23. The first kappa shape index (κ1) is 43.1. The molecule has 12 nitrogen and oxygen atoms in total. The minimum Gasteiger partial charge on any atom is -0.501 e. The Bertz CT molecular complexity index is 2500. The van der Waals surface area contributed by atoms with Crippen molar-refractivity contribution in [1.82, 2.24) is 29.5 Å². The number of halogens is 5. The lowest BCUT2D eigenvalue weighted by Crippen LogP contribution is -2.45. The van der Waals surface area contributed by atoms with Crippen molar-refractivity contribution in [1.29, 1.82) is 0 Å². The van der Waals surface area contributed by atoms with Gasteiger partial charge in [-0.1, -0.05) is 35.9 Å². The summed E-state index contributed by atoms with van der Waals surface area (Å²) >= 11 is 8.07.